The van der Waals surface area contributed by atoms with Gasteiger partial charge in [0.15, 0.2) is 10.8 Å². The number of hydrogen-bond acceptors (Lipinski definition) is 4. The van der Waals surface area contributed by atoms with E-state index in [4.69, 9.17) is 0 Å². The van der Waals surface area contributed by atoms with Crippen LogP contribution in [0.2, 0.25) is 0 Å². The van der Waals surface area contributed by atoms with Crippen molar-refractivity contribution in [3.63, 3.8) is 0 Å². The monoisotopic (exact) mass is 244 g/mol. The van der Waals surface area contributed by atoms with Crippen molar-refractivity contribution in [2.75, 3.05) is 6.26 Å². The molecule has 12 heavy (non-hydrogen) atoms. The fraction of sp³-hybridized carbons (Fsp3) is 0.167. The summed E-state index contributed by atoms with van der Waals surface area (Å²) >= 11 is 4.84. The Balaban J connectivity index is 2.80. The van der Waals surface area contributed by atoms with Gasteiger partial charge >= 0.3 is 0 Å². The summed E-state index contributed by atoms with van der Waals surface area (Å²) in [4.78, 5) is 8.29. The maximum Gasteiger partial charge on any atom is 0.191 e. The van der Waals surface area contributed by atoms with E-state index in [1.165, 1.54) is 18.1 Å². The topological polar surface area (TPSA) is 43.1 Å². The zero-order valence-electron chi connectivity index (χ0n) is 6.23. The lowest BCUT2D eigenvalue weighted by atomic mass is 10.6. The van der Waals surface area contributed by atoms with E-state index in [1.54, 1.807) is 4.52 Å². The van der Waals surface area contributed by atoms with Gasteiger partial charge in [-0.05, 0) is 22.2 Å². The van der Waals surface area contributed by atoms with Crippen molar-refractivity contribution in [3.05, 3.63) is 17.0 Å². The van der Waals surface area contributed by atoms with Crippen molar-refractivity contribution in [1.29, 1.82) is 0 Å². The Morgan fingerprint density at radius 3 is 3.17 bits per heavy atom. The van der Waals surface area contributed by atoms with E-state index in [0.717, 1.165) is 15.4 Å². The molecule has 0 aliphatic rings. The molecule has 0 radical (unpaired) electrons. The first-order valence-corrected chi connectivity index (χ1v) is 5.23. The predicted molar refractivity (Wildman–Crippen MR) is 50.3 cm³/mol. The summed E-state index contributed by atoms with van der Waals surface area (Å²) in [6.45, 7) is 0. The minimum Gasteiger partial charge on any atom is -0.215 e. The van der Waals surface area contributed by atoms with E-state index in [1.807, 2.05) is 12.3 Å². The second kappa shape index (κ2) is 3.02. The number of hydrogen-bond donors (Lipinski definition) is 0. The molecule has 4 nitrogen and oxygen atoms in total. The van der Waals surface area contributed by atoms with Crippen LogP contribution in [-0.4, -0.2) is 25.8 Å². The highest BCUT2D eigenvalue weighted by atomic mass is 79.9. The van der Waals surface area contributed by atoms with Gasteiger partial charge < -0.3 is 0 Å². The van der Waals surface area contributed by atoms with Crippen LogP contribution in [0.5, 0.6) is 0 Å². The van der Waals surface area contributed by atoms with Crippen LogP contribution in [-0.2, 0) is 0 Å². The van der Waals surface area contributed by atoms with Crippen molar-refractivity contribution in [1.82, 2.24) is 19.6 Å². The fourth-order valence-corrected chi connectivity index (χ4v) is 1.90. The zero-order valence-corrected chi connectivity index (χ0v) is 8.63. The quantitative estimate of drug-likeness (QED) is 0.435. The molecule has 0 saturated heterocycles. The SMILES string of the molecule is CSc1nc(Br)cc2ncnn12. The largest absolute Gasteiger partial charge is 0.215 e. The Morgan fingerprint density at radius 1 is 1.58 bits per heavy atom. The summed E-state index contributed by atoms with van der Waals surface area (Å²) in [6.07, 6.45) is 3.47. The van der Waals surface area contributed by atoms with Crippen LogP contribution in [0.3, 0.4) is 0 Å². The van der Waals surface area contributed by atoms with E-state index >= 15 is 0 Å². The highest BCUT2D eigenvalue weighted by Gasteiger charge is 2.03. The highest BCUT2D eigenvalue weighted by Crippen LogP contribution is 2.16. The lowest BCUT2D eigenvalue weighted by Crippen LogP contribution is -1.95. The van der Waals surface area contributed by atoms with Crippen LogP contribution >= 0.6 is 27.7 Å². The first-order chi connectivity index (χ1) is 5.81. The summed E-state index contributed by atoms with van der Waals surface area (Å²) in [7, 11) is 0. The smallest absolute Gasteiger partial charge is 0.191 e. The van der Waals surface area contributed by atoms with Gasteiger partial charge in [0.05, 0.1) is 0 Å². The van der Waals surface area contributed by atoms with Gasteiger partial charge in [0.1, 0.15) is 10.9 Å². The Labute approximate surface area is 81.5 Å². The number of fused-ring (bicyclic) bond motifs is 1. The average Bonchev–Trinajstić information content (AvgIpc) is 2.50. The molecule has 0 aliphatic carbocycles. The Morgan fingerprint density at radius 2 is 2.42 bits per heavy atom. The van der Waals surface area contributed by atoms with Crippen LogP contribution in [0.1, 0.15) is 0 Å². The molecule has 6 heteroatoms. The molecule has 2 rings (SSSR count). The lowest BCUT2D eigenvalue weighted by Gasteiger charge is -1.98. The predicted octanol–water partition coefficient (Wildman–Crippen LogP) is 1.61. The summed E-state index contributed by atoms with van der Waals surface area (Å²) in [5.74, 6) is 0. The number of nitrogens with zero attached hydrogens (tertiary/aromatic N) is 4. The van der Waals surface area contributed by atoms with Crippen molar-refractivity contribution >= 4 is 33.3 Å². The third kappa shape index (κ3) is 1.21. The van der Waals surface area contributed by atoms with E-state index in [0.29, 0.717) is 0 Å². The average molecular weight is 245 g/mol. The summed E-state index contributed by atoms with van der Waals surface area (Å²) in [6, 6.07) is 1.83. The lowest BCUT2D eigenvalue weighted by molar-refractivity contribution is 0.788. The van der Waals surface area contributed by atoms with Crippen LogP contribution in [0.15, 0.2) is 22.2 Å². The minimum absolute atomic E-state index is 0.785. The number of thioether (sulfide) groups is 1. The summed E-state index contributed by atoms with van der Waals surface area (Å²) < 4.78 is 2.49. The molecule has 0 bridgehead atoms. The Kier molecular flexibility index (Phi) is 2.02. The van der Waals surface area contributed by atoms with E-state index in [9.17, 15) is 0 Å². The number of aromatic nitrogens is 4. The molecule has 0 fully saturated rings. The first kappa shape index (κ1) is 8.00. The fourth-order valence-electron chi connectivity index (χ4n) is 0.906. The molecule has 2 heterocycles. The molecular weight excluding hydrogens is 240 g/mol. The minimum atomic E-state index is 0.785. The molecule has 0 saturated carbocycles. The Hall–Kier alpha value is -0.620. The van der Waals surface area contributed by atoms with E-state index in [-0.39, 0.29) is 0 Å². The molecular formula is C6H5BrN4S. The maximum atomic E-state index is 4.23. The molecule has 0 spiro atoms. The second-order valence-corrected chi connectivity index (χ2v) is 3.68. The molecule has 0 aromatic carbocycles. The summed E-state index contributed by atoms with van der Waals surface area (Å²) in [5.41, 5.74) is 0.807. The molecule has 0 unspecified atom stereocenters. The third-order valence-electron chi connectivity index (χ3n) is 1.39. The van der Waals surface area contributed by atoms with Crippen LogP contribution in [0.4, 0.5) is 0 Å². The molecule has 0 amide bonds. The van der Waals surface area contributed by atoms with E-state index in [2.05, 4.69) is 31.0 Å². The van der Waals surface area contributed by atoms with Crippen LogP contribution < -0.4 is 0 Å². The Bertz CT molecular complexity index is 413. The van der Waals surface area contributed by atoms with Gasteiger partial charge in [0, 0.05) is 6.07 Å². The van der Waals surface area contributed by atoms with Crippen molar-refractivity contribution in [2.45, 2.75) is 5.16 Å². The van der Waals surface area contributed by atoms with Gasteiger partial charge in [-0.2, -0.15) is 9.61 Å². The zero-order chi connectivity index (χ0) is 8.55. The maximum absolute atomic E-state index is 4.23. The molecule has 62 valence electrons. The van der Waals surface area contributed by atoms with Crippen LogP contribution in [0, 0.1) is 0 Å². The van der Waals surface area contributed by atoms with E-state index < -0.39 is 0 Å². The molecule has 2 aromatic rings. The van der Waals surface area contributed by atoms with Gasteiger partial charge in [0.2, 0.25) is 0 Å². The van der Waals surface area contributed by atoms with Gasteiger partial charge in [-0.3, -0.25) is 0 Å². The van der Waals surface area contributed by atoms with Crippen molar-refractivity contribution in [3.8, 4) is 0 Å². The highest BCUT2D eigenvalue weighted by molar-refractivity contribution is 9.10. The van der Waals surface area contributed by atoms with Gasteiger partial charge in [0.25, 0.3) is 0 Å². The summed E-state index contributed by atoms with van der Waals surface area (Å²) in [5, 5.41) is 4.86. The normalized spacial score (nSPS) is 10.8. The molecule has 0 N–H and O–H groups in total. The first-order valence-electron chi connectivity index (χ1n) is 3.21. The second-order valence-electron chi connectivity index (χ2n) is 2.10. The van der Waals surface area contributed by atoms with Crippen LogP contribution in [0.25, 0.3) is 5.65 Å². The molecule has 2 aromatic heterocycles. The van der Waals surface area contributed by atoms with Gasteiger partial charge in [-0.25, -0.2) is 9.97 Å². The van der Waals surface area contributed by atoms with Crippen molar-refractivity contribution in [2.24, 2.45) is 0 Å². The molecule has 0 aliphatic heterocycles. The van der Waals surface area contributed by atoms with Gasteiger partial charge in [-0.15, -0.1) is 0 Å². The van der Waals surface area contributed by atoms with Crippen molar-refractivity contribution < 1.29 is 0 Å². The van der Waals surface area contributed by atoms with Gasteiger partial charge in [-0.1, -0.05) is 11.8 Å². The number of halogens is 1. The third-order valence-corrected chi connectivity index (χ3v) is 2.42. The standard InChI is InChI=1S/C6H5BrN4S/c1-12-6-10-4(7)2-5-8-3-9-11(5)6/h2-3H,1H3. The number of rotatable bonds is 1. The molecule has 0 atom stereocenters.